The van der Waals surface area contributed by atoms with E-state index in [-0.39, 0.29) is 35.0 Å². The zero-order valence-electron chi connectivity index (χ0n) is 16.1. The molecule has 2 N–H and O–H groups in total. The Balaban J connectivity index is 1.87. The number of ketones is 1. The predicted molar refractivity (Wildman–Crippen MR) is 96.0 cm³/mol. The molecule has 0 saturated heterocycles. The molecule has 154 valence electrons. The van der Waals surface area contributed by atoms with E-state index < -0.39 is 18.6 Å². The maximum absolute atomic E-state index is 13.0. The van der Waals surface area contributed by atoms with E-state index in [0.29, 0.717) is 29.0 Å². The van der Waals surface area contributed by atoms with Crippen LogP contribution in [0.15, 0.2) is 29.0 Å². The number of allylic oxidation sites excluding steroid dienone is 3. The number of carbonyl (C=O) groups excluding carboxylic acids is 1. The van der Waals surface area contributed by atoms with Crippen molar-refractivity contribution in [1.82, 2.24) is 9.78 Å². The number of Topliss-reactive ketones (excluding diaryl/α,β-unsaturated/α-hetero) is 1. The van der Waals surface area contributed by atoms with E-state index >= 15 is 0 Å². The SMILES string of the molecule is CC1(C)CC(=O)C2=C(C1)OC(N)=C(C#N)[C@@H]2c1cn(CC(F)(F)F)nc1C1CC1. The third-order valence-electron chi connectivity index (χ3n) is 5.51. The monoisotopic (exact) mass is 406 g/mol. The van der Waals surface area contributed by atoms with Crippen molar-refractivity contribution in [2.75, 3.05) is 0 Å². The third kappa shape index (κ3) is 3.63. The second-order valence-corrected chi connectivity index (χ2v) is 8.76. The van der Waals surface area contributed by atoms with E-state index in [2.05, 4.69) is 5.10 Å². The number of alkyl halides is 3. The van der Waals surface area contributed by atoms with Gasteiger partial charge in [0.1, 0.15) is 23.9 Å². The van der Waals surface area contributed by atoms with E-state index in [0.717, 1.165) is 17.5 Å². The topological polar surface area (TPSA) is 93.9 Å². The molecular formula is C20H21F3N4O2. The average molecular weight is 406 g/mol. The van der Waals surface area contributed by atoms with Gasteiger partial charge >= 0.3 is 6.18 Å². The highest BCUT2D eigenvalue weighted by atomic mass is 19.4. The van der Waals surface area contributed by atoms with Crippen LogP contribution >= 0.6 is 0 Å². The summed E-state index contributed by atoms with van der Waals surface area (Å²) in [5.74, 6) is -0.690. The van der Waals surface area contributed by atoms with Crippen LogP contribution in [0, 0.1) is 16.7 Å². The molecule has 0 amide bonds. The van der Waals surface area contributed by atoms with Crippen LogP contribution in [0.2, 0.25) is 0 Å². The van der Waals surface area contributed by atoms with Gasteiger partial charge in [-0.25, -0.2) is 0 Å². The van der Waals surface area contributed by atoms with Crippen molar-refractivity contribution >= 4 is 5.78 Å². The molecule has 2 aliphatic carbocycles. The number of carbonyl (C=O) groups is 1. The highest BCUT2D eigenvalue weighted by molar-refractivity contribution is 6.00. The lowest BCUT2D eigenvalue weighted by Crippen LogP contribution is -2.33. The Labute approximate surface area is 165 Å². The van der Waals surface area contributed by atoms with Gasteiger partial charge in [-0.2, -0.15) is 23.5 Å². The van der Waals surface area contributed by atoms with Crippen LogP contribution in [0.5, 0.6) is 0 Å². The number of nitrogens with two attached hydrogens (primary N) is 1. The number of hydrogen-bond donors (Lipinski definition) is 1. The lowest BCUT2D eigenvalue weighted by atomic mass is 9.70. The number of nitrogens with zero attached hydrogens (tertiary/aromatic N) is 3. The minimum Gasteiger partial charge on any atom is -0.444 e. The Morgan fingerprint density at radius 1 is 1.38 bits per heavy atom. The Morgan fingerprint density at radius 2 is 2.07 bits per heavy atom. The van der Waals surface area contributed by atoms with E-state index in [4.69, 9.17) is 10.5 Å². The van der Waals surface area contributed by atoms with E-state index in [1.165, 1.54) is 6.20 Å². The van der Waals surface area contributed by atoms with Crippen molar-refractivity contribution in [3.05, 3.63) is 40.2 Å². The van der Waals surface area contributed by atoms with E-state index in [9.17, 15) is 23.2 Å². The standard InChI is InChI=1S/C20H21F3N4O2/c1-19(2)5-13(28)16-14(6-19)29-18(25)11(7-24)15(16)12-8-27(9-20(21,22)23)26-17(12)10-3-4-10/h8,10,15H,3-6,9,25H2,1-2H3/t15-/m1/s1. The summed E-state index contributed by atoms with van der Waals surface area (Å²) < 4.78 is 45.3. The summed E-state index contributed by atoms with van der Waals surface area (Å²) in [6, 6.07) is 2.00. The molecule has 9 heteroatoms. The number of aromatic nitrogens is 2. The fourth-order valence-corrected chi connectivity index (χ4v) is 4.21. The predicted octanol–water partition coefficient (Wildman–Crippen LogP) is 3.77. The first-order chi connectivity index (χ1) is 13.5. The zero-order valence-corrected chi connectivity index (χ0v) is 16.1. The summed E-state index contributed by atoms with van der Waals surface area (Å²) in [5, 5.41) is 13.9. The Kier molecular flexibility index (Phi) is 4.30. The van der Waals surface area contributed by atoms with Gasteiger partial charge in [-0.1, -0.05) is 13.8 Å². The molecule has 1 aliphatic heterocycles. The lowest BCUT2D eigenvalue weighted by Gasteiger charge is -2.37. The van der Waals surface area contributed by atoms with Gasteiger partial charge in [0.2, 0.25) is 5.88 Å². The maximum atomic E-state index is 13.0. The van der Waals surface area contributed by atoms with Crippen molar-refractivity contribution < 1.29 is 22.7 Å². The van der Waals surface area contributed by atoms with Crippen LogP contribution in [-0.2, 0) is 16.1 Å². The minimum absolute atomic E-state index is 0.0303. The Bertz CT molecular complexity index is 990. The van der Waals surface area contributed by atoms with Crippen LogP contribution in [0.1, 0.15) is 62.6 Å². The summed E-state index contributed by atoms with van der Waals surface area (Å²) in [5.41, 5.74) is 6.98. The highest BCUT2D eigenvalue weighted by Crippen LogP contribution is 2.51. The Morgan fingerprint density at radius 3 is 2.66 bits per heavy atom. The molecular weight excluding hydrogens is 385 g/mol. The molecule has 0 bridgehead atoms. The smallest absolute Gasteiger partial charge is 0.408 e. The number of rotatable bonds is 3. The van der Waals surface area contributed by atoms with Gasteiger partial charge in [-0.05, 0) is 18.3 Å². The van der Waals surface area contributed by atoms with Crippen molar-refractivity contribution in [3.63, 3.8) is 0 Å². The number of halogens is 3. The quantitative estimate of drug-likeness (QED) is 0.825. The lowest BCUT2D eigenvalue weighted by molar-refractivity contribution is -0.142. The normalized spacial score (nSPS) is 24.3. The third-order valence-corrected chi connectivity index (χ3v) is 5.51. The van der Waals surface area contributed by atoms with Crippen molar-refractivity contribution in [2.24, 2.45) is 11.1 Å². The second-order valence-electron chi connectivity index (χ2n) is 8.76. The maximum Gasteiger partial charge on any atom is 0.408 e. The molecule has 4 rings (SSSR count). The summed E-state index contributed by atoms with van der Waals surface area (Å²) >= 11 is 0. The summed E-state index contributed by atoms with van der Waals surface area (Å²) in [7, 11) is 0. The average Bonchev–Trinajstić information content (AvgIpc) is 3.32. The largest absolute Gasteiger partial charge is 0.444 e. The van der Waals surface area contributed by atoms with Gasteiger partial charge in [-0.15, -0.1) is 0 Å². The number of hydrogen-bond acceptors (Lipinski definition) is 5. The van der Waals surface area contributed by atoms with Crippen LogP contribution in [0.25, 0.3) is 0 Å². The first-order valence-corrected chi connectivity index (χ1v) is 9.47. The molecule has 1 aromatic rings. The molecule has 1 fully saturated rings. The molecule has 0 unspecified atom stereocenters. The van der Waals surface area contributed by atoms with E-state index in [1.54, 1.807) is 0 Å². The van der Waals surface area contributed by atoms with Gasteiger partial charge in [-0.3, -0.25) is 9.48 Å². The molecule has 1 atom stereocenters. The first-order valence-electron chi connectivity index (χ1n) is 9.47. The number of ether oxygens (including phenoxy) is 1. The van der Waals surface area contributed by atoms with E-state index in [1.807, 2.05) is 19.9 Å². The fourth-order valence-electron chi connectivity index (χ4n) is 4.21. The van der Waals surface area contributed by atoms with Crippen molar-refractivity contribution in [2.45, 2.75) is 64.1 Å². The summed E-state index contributed by atoms with van der Waals surface area (Å²) in [6.07, 6.45) is -0.777. The van der Waals surface area contributed by atoms with Crippen molar-refractivity contribution in [1.29, 1.82) is 5.26 Å². The highest BCUT2D eigenvalue weighted by Gasteiger charge is 2.45. The molecule has 0 spiro atoms. The van der Waals surface area contributed by atoms with Gasteiger partial charge in [0.15, 0.2) is 5.78 Å². The van der Waals surface area contributed by atoms with Gasteiger partial charge in [0, 0.05) is 36.1 Å². The van der Waals surface area contributed by atoms with Crippen LogP contribution < -0.4 is 5.73 Å². The summed E-state index contributed by atoms with van der Waals surface area (Å²) in [6.45, 7) is 2.64. The number of nitriles is 1. The van der Waals surface area contributed by atoms with Gasteiger partial charge in [0.25, 0.3) is 0 Å². The molecule has 0 aromatic carbocycles. The molecule has 29 heavy (non-hydrogen) atoms. The zero-order chi connectivity index (χ0) is 21.1. The first kappa shape index (κ1) is 19.6. The molecule has 6 nitrogen and oxygen atoms in total. The second kappa shape index (κ2) is 6.37. The molecule has 0 radical (unpaired) electrons. The minimum atomic E-state index is -4.43. The van der Waals surface area contributed by atoms with Crippen LogP contribution in [0.4, 0.5) is 13.2 Å². The van der Waals surface area contributed by atoms with Crippen LogP contribution in [0.3, 0.4) is 0 Å². The molecule has 1 aromatic heterocycles. The fraction of sp³-hybridized carbons (Fsp3) is 0.550. The molecule has 3 aliphatic rings. The summed E-state index contributed by atoms with van der Waals surface area (Å²) in [4.78, 5) is 13.0. The molecule has 2 heterocycles. The molecule has 1 saturated carbocycles. The van der Waals surface area contributed by atoms with Gasteiger partial charge in [0.05, 0.1) is 11.6 Å². The van der Waals surface area contributed by atoms with Crippen molar-refractivity contribution in [3.8, 4) is 6.07 Å². The Hall–Kier alpha value is -2.76. The van der Waals surface area contributed by atoms with Gasteiger partial charge < -0.3 is 10.5 Å². The van der Waals surface area contributed by atoms with Crippen LogP contribution in [-0.4, -0.2) is 21.7 Å².